The van der Waals surface area contributed by atoms with Crippen molar-refractivity contribution in [2.24, 2.45) is 0 Å². The summed E-state index contributed by atoms with van der Waals surface area (Å²) in [6.07, 6.45) is -0.822. The van der Waals surface area contributed by atoms with Gasteiger partial charge in [0.2, 0.25) is 15.9 Å². The first-order chi connectivity index (χ1) is 11.8. The number of piperazine rings is 1. The van der Waals surface area contributed by atoms with Gasteiger partial charge in [0, 0.05) is 26.2 Å². The van der Waals surface area contributed by atoms with Crippen molar-refractivity contribution in [2.75, 3.05) is 33.3 Å². The number of halogens is 1. The maximum atomic E-state index is 12.7. The minimum Gasteiger partial charge on any atom is -0.453 e. The van der Waals surface area contributed by atoms with E-state index < -0.39 is 28.1 Å². The van der Waals surface area contributed by atoms with Crippen LogP contribution in [0.4, 0.5) is 4.79 Å². The normalized spacial score (nSPS) is 17.7. The molecule has 0 radical (unpaired) electrons. The number of ether oxygens (including phenoxy) is 1. The van der Waals surface area contributed by atoms with Gasteiger partial charge in [-0.25, -0.2) is 13.2 Å². The van der Waals surface area contributed by atoms with Gasteiger partial charge < -0.3 is 4.74 Å². The Hall–Kier alpha value is -1.68. The second kappa shape index (κ2) is 8.13. The van der Waals surface area contributed by atoms with Gasteiger partial charge >= 0.3 is 6.09 Å². The molecule has 0 aromatic heterocycles. The lowest BCUT2D eigenvalue weighted by Gasteiger charge is -2.36. The van der Waals surface area contributed by atoms with Crippen LogP contribution in [0, 0.1) is 0 Å². The van der Waals surface area contributed by atoms with Gasteiger partial charge in [0.15, 0.2) is 0 Å². The molecular weight excluding hydrogens is 370 g/mol. The molecule has 1 fully saturated rings. The summed E-state index contributed by atoms with van der Waals surface area (Å²) in [6, 6.07) is 5.71. The number of sulfonamides is 1. The Labute approximate surface area is 151 Å². The van der Waals surface area contributed by atoms with Gasteiger partial charge in [-0.15, -0.1) is 0 Å². The van der Waals surface area contributed by atoms with Crippen LogP contribution < -0.4 is 5.32 Å². The summed E-state index contributed by atoms with van der Waals surface area (Å²) in [5.74, 6) is -0.491. The molecule has 1 aliphatic heterocycles. The van der Waals surface area contributed by atoms with E-state index >= 15 is 0 Å². The molecule has 1 aliphatic rings. The molecule has 1 atom stereocenters. The SMILES string of the molecule is COC(=O)NC(=O)[C@H](C)N1CCN(S(=O)(=O)c2ccccc2Cl)CC1. The molecule has 1 saturated heterocycles. The lowest BCUT2D eigenvalue weighted by molar-refractivity contribution is -0.125. The first kappa shape index (κ1) is 19.6. The predicted octanol–water partition coefficient (Wildman–Crippen LogP) is 0.917. The summed E-state index contributed by atoms with van der Waals surface area (Å²) < 4.78 is 31.1. The number of hydrogen-bond donors (Lipinski definition) is 1. The molecular formula is C15H20ClN3O5S. The zero-order chi connectivity index (χ0) is 18.6. The van der Waals surface area contributed by atoms with Crippen LogP contribution in [0.3, 0.4) is 0 Å². The topological polar surface area (TPSA) is 96.0 Å². The molecule has 2 amide bonds. The molecule has 25 heavy (non-hydrogen) atoms. The highest BCUT2D eigenvalue weighted by molar-refractivity contribution is 7.89. The Bertz CT molecular complexity index is 747. The summed E-state index contributed by atoms with van der Waals surface area (Å²) in [4.78, 5) is 24.9. The smallest absolute Gasteiger partial charge is 0.413 e. The molecule has 1 heterocycles. The van der Waals surface area contributed by atoms with Crippen LogP contribution in [0.1, 0.15) is 6.92 Å². The minimum atomic E-state index is -3.68. The zero-order valence-corrected chi connectivity index (χ0v) is 15.5. The zero-order valence-electron chi connectivity index (χ0n) is 13.9. The predicted molar refractivity (Wildman–Crippen MR) is 91.8 cm³/mol. The third-order valence-corrected chi connectivity index (χ3v) is 6.46. The average molecular weight is 390 g/mol. The fourth-order valence-electron chi connectivity index (χ4n) is 2.55. The number of rotatable bonds is 4. The van der Waals surface area contributed by atoms with E-state index in [0.29, 0.717) is 13.1 Å². The highest BCUT2D eigenvalue weighted by Crippen LogP contribution is 2.25. The minimum absolute atomic E-state index is 0.0709. The van der Waals surface area contributed by atoms with Crippen molar-refractivity contribution in [3.05, 3.63) is 29.3 Å². The third-order valence-electron chi connectivity index (χ3n) is 4.07. The Kier molecular flexibility index (Phi) is 6.39. The van der Waals surface area contributed by atoms with Crippen LogP contribution in [0.2, 0.25) is 5.02 Å². The molecule has 0 aliphatic carbocycles. The second-order valence-corrected chi connectivity index (χ2v) is 7.84. The summed E-state index contributed by atoms with van der Waals surface area (Å²) in [6.45, 7) is 2.82. The van der Waals surface area contributed by atoms with Crippen LogP contribution in [-0.4, -0.2) is 69.0 Å². The number of imide groups is 1. The van der Waals surface area contributed by atoms with Gasteiger partial charge in [-0.3, -0.25) is 15.0 Å². The standard InChI is InChI=1S/C15H20ClN3O5S/c1-11(14(20)17-15(21)24-2)18-7-9-19(10-8-18)25(22,23)13-6-4-3-5-12(13)16/h3-6,11H,7-10H2,1-2H3,(H,17,20,21)/t11-/m0/s1. The van der Waals surface area contributed by atoms with Crippen LogP contribution in [0.25, 0.3) is 0 Å². The van der Waals surface area contributed by atoms with Crippen molar-refractivity contribution >= 4 is 33.6 Å². The number of amides is 2. The average Bonchev–Trinajstić information content (AvgIpc) is 2.61. The Morgan fingerprint density at radius 1 is 1.20 bits per heavy atom. The number of carbonyl (C=O) groups is 2. The van der Waals surface area contributed by atoms with Crippen molar-refractivity contribution in [3.63, 3.8) is 0 Å². The van der Waals surface area contributed by atoms with E-state index in [1.54, 1.807) is 24.0 Å². The highest BCUT2D eigenvalue weighted by atomic mass is 35.5. The van der Waals surface area contributed by atoms with E-state index in [1.807, 2.05) is 0 Å². The lowest BCUT2D eigenvalue weighted by Crippen LogP contribution is -2.55. The van der Waals surface area contributed by atoms with E-state index in [1.165, 1.54) is 23.5 Å². The van der Waals surface area contributed by atoms with Gasteiger partial charge in [-0.1, -0.05) is 23.7 Å². The molecule has 10 heteroatoms. The second-order valence-electron chi connectivity index (χ2n) is 5.53. The van der Waals surface area contributed by atoms with Gasteiger partial charge in [0.1, 0.15) is 4.90 Å². The highest BCUT2D eigenvalue weighted by Gasteiger charge is 2.33. The van der Waals surface area contributed by atoms with Gasteiger partial charge in [0.05, 0.1) is 18.2 Å². The quantitative estimate of drug-likeness (QED) is 0.822. The summed E-state index contributed by atoms with van der Waals surface area (Å²) in [7, 11) is -2.51. The molecule has 138 valence electrons. The largest absolute Gasteiger partial charge is 0.453 e. The number of alkyl carbamates (subject to hydrolysis) is 1. The molecule has 1 aromatic rings. The molecule has 0 spiro atoms. The fraction of sp³-hybridized carbons (Fsp3) is 0.467. The summed E-state index contributed by atoms with van der Waals surface area (Å²) >= 11 is 6.00. The number of nitrogens with zero attached hydrogens (tertiary/aromatic N) is 2. The number of benzene rings is 1. The van der Waals surface area contributed by atoms with E-state index in [9.17, 15) is 18.0 Å². The Morgan fingerprint density at radius 2 is 1.80 bits per heavy atom. The van der Waals surface area contributed by atoms with Crippen molar-refractivity contribution < 1.29 is 22.7 Å². The monoisotopic (exact) mass is 389 g/mol. The number of methoxy groups -OCH3 is 1. The van der Waals surface area contributed by atoms with Gasteiger partial charge in [-0.2, -0.15) is 4.31 Å². The molecule has 2 rings (SSSR count). The van der Waals surface area contributed by atoms with E-state index in [4.69, 9.17) is 11.6 Å². The third kappa shape index (κ3) is 4.49. The maximum absolute atomic E-state index is 12.7. The van der Waals surface area contributed by atoms with Crippen LogP contribution in [0.15, 0.2) is 29.2 Å². The lowest BCUT2D eigenvalue weighted by atomic mass is 10.2. The maximum Gasteiger partial charge on any atom is 0.413 e. The molecule has 1 N–H and O–H groups in total. The number of nitrogens with one attached hydrogen (secondary N) is 1. The van der Waals surface area contributed by atoms with Gasteiger partial charge in [0.25, 0.3) is 0 Å². The van der Waals surface area contributed by atoms with Crippen LogP contribution in [0.5, 0.6) is 0 Å². The van der Waals surface area contributed by atoms with Crippen molar-refractivity contribution in [3.8, 4) is 0 Å². The Morgan fingerprint density at radius 3 is 2.36 bits per heavy atom. The van der Waals surface area contributed by atoms with Gasteiger partial charge in [-0.05, 0) is 19.1 Å². The first-order valence-electron chi connectivity index (χ1n) is 7.65. The Balaban J connectivity index is 2.01. The number of hydrogen-bond acceptors (Lipinski definition) is 6. The fourth-order valence-corrected chi connectivity index (χ4v) is 4.46. The van der Waals surface area contributed by atoms with E-state index in [-0.39, 0.29) is 23.0 Å². The van der Waals surface area contributed by atoms with Crippen molar-refractivity contribution in [2.45, 2.75) is 17.9 Å². The van der Waals surface area contributed by atoms with E-state index in [2.05, 4.69) is 10.1 Å². The van der Waals surface area contributed by atoms with Crippen molar-refractivity contribution in [1.29, 1.82) is 0 Å². The van der Waals surface area contributed by atoms with Crippen LogP contribution in [-0.2, 0) is 19.6 Å². The van der Waals surface area contributed by atoms with Crippen LogP contribution >= 0.6 is 11.6 Å². The summed E-state index contributed by atoms with van der Waals surface area (Å²) in [5, 5.41) is 2.29. The van der Waals surface area contributed by atoms with E-state index in [0.717, 1.165) is 0 Å². The molecule has 1 aromatic carbocycles. The molecule has 0 bridgehead atoms. The molecule has 0 saturated carbocycles. The molecule has 0 unspecified atom stereocenters. The summed E-state index contributed by atoms with van der Waals surface area (Å²) in [5.41, 5.74) is 0. The van der Waals surface area contributed by atoms with Crippen molar-refractivity contribution in [1.82, 2.24) is 14.5 Å². The first-order valence-corrected chi connectivity index (χ1v) is 9.46. The molecule has 8 nitrogen and oxygen atoms in total. The number of carbonyl (C=O) groups excluding carboxylic acids is 2.